The van der Waals surface area contributed by atoms with E-state index in [0.29, 0.717) is 11.4 Å². The van der Waals surface area contributed by atoms with Crippen LogP contribution >= 0.6 is 0 Å². The van der Waals surface area contributed by atoms with Crippen molar-refractivity contribution in [3.63, 3.8) is 0 Å². The maximum Gasteiger partial charge on any atom is 0.261 e. The number of aromatic nitrogens is 2. The summed E-state index contributed by atoms with van der Waals surface area (Å²) in [5.74, 6) is -0.560. The molecule has 1 aliphatic rings. The third kappa shape index (κ3) is 2.82. The summed E-state index contributed by atoms with van der Waals surface area (Å²) in [6, 6.07) is 10.7. The molecule has 0 atom stereocenters. The standard InChI is InChI=1S/C17H14N4O4S/c22-16-5-6-17(23)21(16)13-1-3-15(4-2-13)26(24,25)19-12-8-10-20-14(11-12)7-9-18-20/h1-4,7-11,19H,5-6H2. The van der Waals surface area contributed by atoms with E-state index in [1.807, 2.05) is 0 Å². The minimum absolute atomic E-state index is 0.0359. The molecule has 1 saturated heterocycles. The first-order chi connectivity index (χ1) is 12.4. The summed E-state index contributed by atoms with van der Waals surface area (Å²) in [4.78, 5) is 24.6. The number of fused-ring (bicyclic) bond motifs is 1. The fraction of sp³-hybridized carbons (Fsp3) is 0.118. The van der Waals surface area contributed by atoms with Gasteiger partial charge in [-0.3, -0.25) is 19.2 Å². The zero-order valence-electron chi connectivity index (χ0n) is 13.5. The van der Waals surface area contributed by atoms with Crippen LogP contribution in [0.25, 0.3) is 5.52 Å². The van der Waals surface area contributed by atoms with Crippen molar-refractivity contribution in [2.45, 2.75) is 17.7 Å². The Morgan fingerprint density at radius 1 is 0.962 bits per heavy atom. The molecule has 1 aromatic carbocycles. The van der Waals surface area contributed by atoms with E-state index in [0.717, 1.165) is 10.4 Å². The molecule has 3 heterocycles. The Hall–Kier alpha value is -3.20. The second kappa shape index (κ2) is 5.95. The van der Waals surface area contributed by atoms with Gasteiger partial charge in [0.2, 0.25) is 11.8 Å². The number of carbonyl (C=O) groups excluding carboxylic acids is 2. The molecule has 0 bridgehead atoms. The number of amides is 2. The Bertz CT molecular complexity index is 1100. The lowest BCUT2D eigenvalue weighted by atomic mass is 10.3. The number of hydrogen-bond donors (Lipinski definition) is 1. The zero-order chi connectivity index (χ0) is 18.3. The number of sulfonamides is 1. The fourth-order valence-electron chi connectivity index (χ4n) is 2.84. The lowest BCUT2D eigenvalue weighted by Crippen LogP contribution is -2.28. The molecular weight excluding hydrogens is 356 g/mol. The van der Waals surface area contributed by atoms with Gasteiger partial charge in [0.25, 0.3) is 10.0 Å². The normalized spacial score (nSPS) is 15.0. The van der Waals surface area contributed by atoms with Crippen molar-refractivity contribution in [3.05, 3.63) is 54.9 Å². The molecule has 0 spiro atoms. The molecule has 0 saturated carbocycles. The number of imide groups is 1. The molecule has 1 N–H and O–H groups in total. The van der Waals surface area contributed by atoms with E-state index >= 15 is 0 Å². The quantitative estimate of drug-likeness (QED) is 0.706. The van der Waals surface area contributed by atoms with E-state index in [9.17, 15) is 18.0 Å². The van der Waals surface area contributed by atoms with Gasteiger partial charge < -0.3 is 0 Å². The average Bonchev–Trinajstić information content (AvgIpc) is 3.20. The summed E-state index contributed by atoms with van der Waals surface area (Å²) in [6.07, 6.45) is 3.63. The van der Waals surface area contributed by atoms with E-state index in [4.69, 9.17) is 0 Å². The van der Waals surface area contributed by atoms with Crippen LogP contribution in [0.1, 0.15) is 12.8 Å². The Kier molecular flexibility index (Phi) is 3.73. The molecule has 8 nitrogen and oxygen atoms in total. The van der Waals surface area contributed by atoms with Gasteiger partial charge in [-0.25, -0.2) is 12.9 Å². The number of anilines is 2. The Labute approximate surface area is 149 Å². The van der Waals surface area contributed by atoms with Gasteiger partial charge in [-0.2, -0.15) is 5.10 Å². The number of hydrogen-bond acceptors (Lipinski definition) is 5. The van der Waals surface area contributed by atoms with Crippen molar-refractivity contribution >= 4 is 38.7 Å². The summed E-state index contributed by atoms with van der Waals surface area (Å²) in [7, 11) is -3.80. The van der Waals surface area contributed by atoms with Gasteiger partial charge in [-0.05, 0) is 42.5 Å². The van der Waals surface area contributed by atoms with Crippen molar-refractivity contribution in [1.29, 1.82) is 0 Å². The van der Waals surface area contributed by atoms with Crippen molar-refractivity contribution in [2.24, 2.45) is 0 Å². The van der Waals surface area contributed by atoms with Crippen LogP contribution in [0.3, 0.4) is 0 Å². The number of nitrogens with one attached hydrogen (secondary N) is 1. The topological polar surface area (TPSA) is 101 Å². The monoisotopic (exact) mass is 370 g/mol. The van der Waals surface area contributed by atoms with E-state index in [2.05, 4.69) is 9.82 Å². The third-order valence-electron chi connectivity index (χ3n) is 4.11. The molecule has 1 fully saturated rings. The number of carbonyl (C=O) groups is 2. The lowest BCUT2D eigenvalue weighted by Gasteiger charge is -2.14. The van der Waals surface area contributed by atoms with Gasteiger partial charge in [0.05, 0.1) is 21.8 Å². The van der Waals surface area contributed by atoms with Gasteiger partial charge in [-0.15, -0.1) is 0 Å². The number of rotatable bonds is 4. The minimum atomic E-state index is -3.80. The summed E-state index contributed by atoms with van der Waals surface area (Å²) in [5, 5.41) is 4.05. The van der Waals surface area contributed by atoms with Crippen LogP contribution in [0.5, 0.6) is 0 Å². The Morgan fingerprint density at radius 2 is 1.65 bits per heavy atom. The molecule has 132 valence electrons. The largest absolute Gasteiger partial charge is 0.279 e. The van der Waals surface area contributed by atoms with Crippen LogP contribution in [-0.2, 0) is 19.6 Å². The number of nitrogens with zero attached hydrogens (tertiary/aromatic N) is 3. The molecule has 0 radical (unpaired) electrons. The first-order valence-electron chi connectivity index (χ1n) is 7.86. The molecule has 0 unspecified atom stereocenters. The van der Waals surface area contributed by atoms with Crippen LogP contribution in [0, 0.1) is 0 Å². The van der Waals surface area contributed by atoms with E-state index in [1.54, 1.807) is 35.1 Å². The molecule has 1 aliphatic heterocycles. The van der Waals surface area contributed by atoms with Gasteiger partial charge in [-0.1, -0.05) is 0 Å². The maximum absolute atomic E-state index is 12.6. The predicted octanol–water partition coefficient (Wildman–Crippen LogP) is 1.79. The first-order valence-corrected chi connectivity index (χ1v) is 9.34. The highest BCUT2D eigenvalue weighted by Gasteiger charge is 2.30. The predicted molar refractivity (Wildman–Crippen MR) is 94.2 cm³/mol. The highest BCUT2D eigenvalue weighted by atomic mass is 32.2. The van der Waals surface area contributed by atoms with Gasteiger partial charge in [0.1, 0.15) is 0 Å². The van der Waals surface area contributed by atoms with Gasteiger partial charge in [0.15, 0.2) is 0 Å². The second-order valence-electron chi connectivity index (χ2n) is 5.84. The summed E-state index contributed by atoms with van der Waals surface area (Å²) in [6.45, 7) is 0. The van der Waals surface area contributed by atoms with Crippen LogP contribution in [0.4, 0.5) is 11.4 Å². The van der Waals surface area contributed by atoms with Crippen LogP contribution in [-0.4, -0.2) is 29.8 Å². The SMILES string of the molecule is O=C1CCC(=O)N1c1ccc(S(=O)(=O)Nc2ccn3nccc3c2)cc1. The van der Waals surface area contributed by atoms with Crippen molar-refractivity contribution in [1.82, 2.24) is 9.61 Å². The summed E-state index contributed by atoms with van der Waals surface area (Å²) in [5.41, 5.74) is 1.54. The highest BCUT2D eigenvalue weighted by Crippen LogP contribution is 2.25. The Morgan fingerprint density at radius 3 is 2.35 bits per heavy atom. The highest BCUT2D eigenvalue weighted by molar-refractivity contribution is 7.92. The molecular formula is C17H14N4O4S. The van der Waals surface area contributed by atoms with Crippen molar-refractivity contribution < 1.29 is 18.0 Å². The van der Waals surface area contributed by atoms with Crippen LogP contribution < -0.4 is 9.62 Å². The third-order valence-corrected chi connectivity index (χ3v) is 5.51. The number of benzene rings is 1. The summed E-state index contributed by atoms with van der Waals surface area (Å²) >= 11 is 0. The van der Waals surface area contributed by atoms with Crippen LogP contribution in [0.2, 0.25) is 0 Å². The maximum atomic E-state index is 12.6. The fourth-order valence-corrected chi connectivity index (χ4v) is 3.89. The van der Waals surface area contributed by atoms with Crippen molar-refractivity contribution in [3.8, 4) is 0 Å². The molecule has 9 heteroatoms. The zero-order valence-corrected chi connectivity index (χ0v) is 14.3. The van der Waals surface area contributed by atoms with Crippen LogP contribution in [0.15, 0.2) is 59.8 Å². The van der Waals surface area contributed by atoms with Crippen molar-refractivity contribution in [2.75, 3.05) is 9.62 Å². The second-order valence-corrected chi connectivity index (χ2v) is 7.52. The molecule has 4 rings (SSSR count). The lowest BCUT2D eigenvalue weighted by molar-refractivity contribution is -0.121. The van der Waals surface area contributed by atoms with Gasteiger partial charge >= 0.3 is 0 Å². The molecule has 2 amide bonds. The molecule has 2 aromatic heterocycles. The number of pyridine rings is 1. The average molecular weight is 370 g/mol. The Balaban J connectivity index is 1.59. The van der Waals surface area contributed by atoms with E-state index in [1.165, 1.54) is 24.3 Å². The van der Waals surface area contributed by atoms with E-state index < -0.39 is 10.0 Å². The van der Waals surface area contributed by atoms with Gasteiger partial charge in [0, 0.05) is 25.2 Å². The summed E-state index contributed by atoms with van der Waals surface area (Å²) < 4.78 is 29.2. The molecule has 3 aromatic rings. The van der Waals surface area contributed by atoms with E-state index in [-0.39, 0.29) is 29.6 Å². The molecule has 0 aliphatic carbocycles. The minimum Gasteiger partial charge on any atom is -0.279 e. The molecule has 26 heavy (non-hydrogen) atoms. The smallest absolute Gasteiger partial charge is 0.261 e. The first kappa shape index (κ1) is 16.3.